The number of hydrogen-bond acceptors (Lipinski definition) is 5. The molecule has 0 aliphatic carbocycles. The second-order valence-electron chi connectivity index (χ2n) is 6.83. The fourth-order valence-corrected chi connectivity index (χ4v) is 4.82. The first-order chi connectivity index (χ1) is 14.2. The van der Waals surface area contributed by atoms with E-state index in [1.54, 1.807) is 31.3 Å². The Morgan fingerprint density at radius 3 is 2.73 bits per heavy atom. The van der Waals surface area contributed by atoms with Crippen molar-refractivity contribution in [1.82, 2.24) is 14.5 Å². The zero-order chi connectivity index (χ0) is 21.9. The number of sulfonamides is 1. The topological polar surface area (TPSA) is 96.0 Å². The molecule has 0 saturated carbocycles. The van der Waals surface area contributed by atoms with E-state index in [9.17, 15) is 18.0 Å². The minimum atomic E-state index is -3.89. The Hall–Kier alpha value is -2.62. The van der Waals surface area contributed by atoms with Crippen molar-refractivity contribution in [2.45, 2.75) is 11.4 Å². The molecule has 1 N–H and O–H groups in total. The fraction of sp³-hybridized carbons (Fsp3) is 0.300. The number of methoxy groups -OCH3 is 1. The minimum absolute atomic E-state index is 0.0308. The number of rotatable bonds is 6. The van der Waals surface area contributed by atoms with E-state index in [-0.39, 0.29) is 48.5 Å². The summed E-state index contributed by atoms with van der Waals surface area (Å²) >= 11 is 6.05. The highest BCUT2D eigenvalue weighted by Gasteiger charge is 2.29. The third-order valence-corrected chi connectivity index (χ3v) is 6.80. The second-order valence-corrected chi connectivity index (χ2v) is 9.21. The summed E-state index contributed by atoms with van der Waals surface area (Å²) in [6, 6.07) is 10.9. The Morgan fingerprint density at radius 1 is 1.27 bits per heavy atom. The van der Waals surface area contributed by atoms with Gasteiger partial charge in [0, 0.05) is 42.8 Å². The Balaban J connectivity index is 1.82. The molecule has 2 aromatic carbocycles. The van der Waals surface area contributed by atoms with Gasteiger partial charge >= 0.3 is 0 Å². The molecular weight excluding hydrogens is 430 g/mol. The first kappa shape index (κ1) is 22.1. The van der Waals surface area contributed by atoms with Gasteiger partial charge in [0.2, 0.25) is 15.9 Å². The monoisotopic (exact) mass is 451 g/mol. The van der Waals surface area contributed by atoms with Crippen LogP contribution in [0, 0.1) is 0 Å². The maximum Gasteiger partial charge on any atom is 0.253 e. The largest absolute Gasteiger partial charge is 0.496 e. The van der Waals surface area contributed by atoms with Gasteiger partial charge in [-0.15, -0.1) is 0 Å². The summed E-state index contributed by atoms with van der Waals surface area (Å²) in [5, 5.41) is 3.11. The van der Waals surface area contributed by atoms with E-state index < -0.39 is 10.0 Å². The minimum Gasteiger partial charge on any atom is -0.496 e. The maximum absolute atomic E-state index is 12.9. The Labute approximate surface area is 180 Å². The molecule has 0 radical (unpaired) electrons. The van der Waals surface area contributed by atoms with Gasteiger partial charge in [0.1, 0.15) is 5.75 Å². The third kappa shape index (κ3) is 4.75. The average Bonchev–Trinajstić information content (AvgIpc) is 2.73. The smallest absolute Gasteiger partial charge is 0.253 e. The molecule has 0 unspecified atom stereocenters. The van der Waals surface area contributed by atoms with Gasteiger partial charge in [0.05, 0.1) is 18.6 Å². The average molecular weight is 452 g/mol. The highest BCUT2D eigenvalue weighted by molar-refractivity contribution is 7.89. The summed E-state index contributed by atoms with van der Waals surface area (Å²) < 4.78 is 32.2. The normalized spacial score (nSPS) is 14.8. The number of benzene rings is 2. The predicted molar refractivity (Wildman–Crippen MR) is 112 cm³/mol. The number of nitrogens with one attached hydrogen (secondary N) is 1. The maximum atomic E-state index is 12.9. The standard InChI is InChI=1S/C20H22ClN3O5S/c1-23(12-15-10-16(21)6-7-18(15)29-2)20(26)14-4-3-5-17(11-14)30(27,28)24-9-8-22-19(25)13-24/h3-7,10-11H,8-9,12-13H2,1-2H3,(H,22,25). The molecule has 3 rings (SSSR count). The SMILES string of the molecule is COc1ccc(Cl)cc1CN(C)C(=O)c1cccc(S(=O)(=O)N2CCNC(=O)C2)c1. The number of halogens is 1. The van der Waals surface area contributed by atoms with Crippen LogP contribution >= 0.6 is 11.6 Å². The molecular formula is C20H22ClN3O5S. The zero-order valence-electron chi connectivity index (χ0n) is 16.6. The molecule has 1 aliphatic rings. The molecule has 0 atom stereocenters. The number of hydrogen-bond donors (Lipinski definition) is 1. The number of carbonyl (C=O) groups excluding carboxylic acids is 2. The van der Waals surface area contributed by atoms with Gasteiger partial charge < -0.3 is 15.0 Å². The van der Waals surface area contributed by atoms with Crippen LogP contribution < -0.4 is 10.1 Å². The summed E-state index contributed by atoms with van der Waals surface area (Å²) in [5.74, 6) is -0.114. The molecule has 0 spiro atoms. The molecule has 2 aromatic rings. The van der Waals surface area contributed by atoms with Gasteiger partial charge in [-0.25, -0.2) is 8.42 Å². The summed E-state index contributed by atoms with van der Waals surface area (Å²) in [4.78, 5) is 25.9. The molecule has 160 valence electrons. The number of piperazine rings is 1. The van der Waals surface area contributed by atoms with Gasteiger partial charge in [0.25, 0.3) is 5.91 Å². The van der Waals surface area contributed by atoms with Crippen molar-refractivity contribution >= 4 is 33.4 Å². The molecule has 1 saturated heterocycles. The van der Waals surface area contributed by atoms with Gasteiger partial charge in [-0.2, -0.15) is 4.31 Å². The predicted octanol–water partition coefficient (Wildman–Crippen LogP) is 1.74. The number of nitrogens with zero attached hydrogens (tertiary/aromatic N) is 2. The van der Waals surface area contributed by atoms with E-state index in [4.69, 9.17) is 16.3 Å². The molecule has 2 amide bonds. The van der Waals surface area contributed by atoms with Crippen molar-refractivity contribution in [3.8, 4) is 5.75 Å². The Bertz CT molecular complexity index is 1070. The highest BCUT2D eigenvalue weighted by atomic mass is 35.5. The van der Waals surface area contributed by atoms with Crippen LogP contribution in [-0.4, -0.2) is 63.2 Å². The highest BCUT2D eigenvalue weighted by Crippen LogP contribution is 2.25. The van der Waals surface area contributed by atoms with E-state index in [0.29, 0.717) is 10.8 Å². The van der Waals surface area contributed by atoms with Gasteiger partial charge in [-0.05, 0) is 36.4 Å². The Kier molecular flexibility index (Phi) is 6.64. The lowest BCUT2D eigenvalue weighted by atomic mass is 10.1. The van der Waals surface area contributed by atoms with Crippen LogP contribution in [0.1, 0.15) is 15.9 Å². The number of ether oxygens (including phenoxy) is 1. The lowest BCUT2D eigenvalue weighted by molar-refractivity contribution is -0.122. The lowest BCUT2D eigenvalue weighted by Gasteiger charge is -2.26. The van der Waals surface area contributed by atoms with Crippen molar-refractivity contribution in [3.63, 3.8) is 0 Å². The van der Waals surface area contributed by atoms with Gasteiger partial charge in [0.15, 0.2) is 0 Å². The van der Waals surface area contributed by atoms with E-state index in [1.165, 1.54) is 30.2 Å². The molecule has 30 heavy (non-hydrogen) atoms. The van der Waals surface area contributed by atoms with Crippen molar-refractivity contribution in [1.29, 1.82) is 0 Å². The van der Waals surface area contributed by atoms with E-state index in [1.807, 2.05) is 0 Å². The fourth-order valence-electron chi connectivity index (χ4n) is 3.18. The second kappa shape index (κ2) is 9.03. The zero-order valence-corrected chi connectivity index (χ0v) is 18.2. The lowest BCUT2D eigenvalue weighted by Crippen LogP contribution is -2.49. The van der Waals surface area contributed by atoms with Crippen LogP contribution in [-0.2, 0) is 21.4 Å². The first-order valence-corrected chi connectivity index (χ1v) is 11.0. The van der Waals surface area contributed by atoms with Crippen LogP contribution in [0.5, 0.6) is 5.75 Å². The molecule has 1 fully saturated rings. The summed E-state index contributed by atoms with van der Waals surface area (Å²) in [6.45, 7) is 0.419. The van der Waals surface area contributed by atoms with Crippen molar-refractivity contribution in [2.24, 2.45) is 0 Å². The van der Waals surface area contributed by atoms with Gasteiger partial charge in [-0.3, -0.25) is 9.59 Å². The molecule has 8 nitrogen and oxygen atoms in total. The van der Waals surface area contributed by atoms with Crippen molar-refractivity contribution in [2.75, 3.05) is 33.8 Å². The molecule has 0 aromatic heterocycles. The molecule has 1 aliphatic heterocycles. The van der Waals surface area contributed by atoms with E-state index >= 15 is 0 Å². The summed E-state index contributed by atoms with van der Waals surface area (Å²) in [5.41, 5.74) is 0.949. The number of amides is 2. The molecule has 0 bridgehead atoms. The van der Waals surface area contributed by atoms with E-state index in [0.717, 1.165) is 9.87 Å². The first-order valence-electron chi connectivity index (χ1n) is 9.17. The molecule has 1 heterocycles. The van der Waals surface area contributed by atoms with Crippen molar-refractivity contribution < 1.29 is 22.7 Å². The summed E-state index contributed by atoms with van der Waals surface area (Å²) in [6.07, 6.45) is 0. The van der Waals surface area contributed by atoms with Crippen LogP contribution in [0.2, 0.25) is 5.02 Å². The summed E-state index contributed by atoms with van der Waals surface area (Å²) in [7, 11) is -0.746. The number of carbonyl (C=O) groups is 2. The van der Waals surface area contributed by atoms with Crippen LogP contribution in [0.4, 0.5) is 0 Å². The van der Waals surface area contributed by atoms with Crippen LogP contribution in [0.15, 0.2) is 47.4 Å². The van der Waals surface area contributed by atoms with Crippen molar-refractivity contribution in [3.05, 3.63) is 58.6 Å². The van der Waals surface area contributed by atoms with Crippen LogP contribution in [0.3, 0.4) is 0 Å². The quantitative estimate of drug-likeness (QED) is 0.721. The Morgan fingerprint density at radius 2 is 2.03 bits per heavy atom. The third-order valence-electron chi connectivity index (χ3n) is 4.72. The van der Waals surface area contributed by atoms with E-state index in [2.05, 4.69) is 5.32 Å². The molecule has 10 heteroatoms. The van der Waals surface area contributed by atoms with Crippen LogP contribution in [0.25, 0.3) is 0 Å². The van der Waals surface area contributed by atoms with Gasteiger partial charge in [-0.1, -0.05) is 17.7 Å².